The zero-order valence-electron chi connectivity index (χ0n) is 10.2. The van der Waals surface area contributed by atoms with Crippen LogP contribution in [-0.4, -0.2) is 5.78 Å². The first-order chi connectivity index (χ1) is 9.56. The minimum atomic E-state index is -0.0786. The third-order valence-corrected chi connectivity index (χ3v) is 3.80. The summed E-state index contributed by atoms with van der Waals surface area (Å²) in [7, 11) is 0. The standard InChI is InChI=1S/C15H10BrCl2NO/c16-11-3-1-10(2-4-11)15(20)7-8-19-12-5-6-13(17)14(18)9-12/h1-9,19H. The smallest absolute Gasteiger partial charge is 0.187 e. The van der Waals surface area contributed by atoms with Gasteiger partial charge in [0.05, 0.1) is 10.0 Å². The molecule has 1 N–H and O–H groups in total. The first kappa shape index (κ1) is 15.1. The van der Waals surface area contributed by atoms with Crippen LogP contribution in [0.3, 0.4) is 0 Å². The number of allylic oxidation sites excluding steroid dienone is 1. The van der Waals surface area contributed by atoms with Crippen LogP contribution >= 0.6 is 39.1 Å². The quantitative estimate of drug-likeness (QED) is 0.563. The van der Waals surface area contributed by atoms with E-state index in [1.165, 1.54) is 6.08 Å². The third-order valence-electron chi connectivity index (χ3n) is 2.53. The minimum absolute atomic E-state index is 0.0786. The Kier molecular flexibility index (Phi) is 5.24. The maximum absolute atomic E-state index is 11.9. The number of nitrogens with one attached hydrogen (secondary N) is 1. The predicted octanol–water partition coefficient (Wildman–Crippen LogP) is 5.56. The van der Waals surface area contributed by atoms with Crippen molar-refractivity contribution >= 4 is 50.6 Å². The number of carbonyl (C=O) groups excluding carboxylic acids is 1. The number of carbonyl (C=O) groups is 1. The molecule has 0 aliphatic rings. The van der Waals surface area contributed by atoms with E-state index in [4.69, 9.17) is 23.2 Å². The molecule has 102 valence electrons. The van der Waals surface area contributed by atoms with Crippen molar-refractivity contribution in [3.63, 3.8) is 0 Å². The van der Waals surface area contributed by atoms with Gasteiger partial charge in [0, 0.05) is 28.0 Å². The van der Waals surface area contributed by atoms with Crippen molar-refractivity contribution < 1.29 is 4.79 Å². The molecule has 2 aromatic carbocycles. The Morgan fingerprint density at radius 2 is 1.75 bits per heavy atom. The molecular formula is C15H10BrCl2NO. The summed E-state index contributed by atoms with van der Waals surface area (Å²) in [6.45, 7) is 0. The Morgan fingerprint density at radius 1 is 1.05 bits per heavy atom. The molecule has 0 atom stereocenters. The van der Waals surface area contributed by atoms with E-state index in [2.05, 4.69) is 21.2 Å². The summed E-state index contributed by atoms with van der Waals surface area (Å²) < 4.78 is 0.937. The largest absolute Gasteiger partial charge is 0.362 e. The highest BCUT2D eigenvalue weighted by molar-refractivity contribution is 9.10. The molecule has 0 amide bonds. The zero-order valence-corrected chi connectivity index (χ0v) is 13.3. The molecule has 0 saturated carbocycles. The summed E-state index contributed by atoms with van der Waals surface area (Å²) in [5.74, 6) is -0.0786. The number of hydrogen-bond acceptors (Lipinski definition) is 2. The average Bonchev–Trinajstić information content (AvgIpc) is 2.43. The SMILES string of the molecule is O=C(C=CNc1ccc(Cl)c(Cl)c1)c1ccc(Br)cc1. The summed E-state index contributed by atoms with van der Waals surface area (Å²) in [5, 5.41) is 3.93. The number of anilines is 1. The lowest BCUT2D eigenvalue weighted by molar-refractivity contribution is 0.104. The van der Waals surface area contributed by atoms with Crippen molar-refractivity contribution in [2.45, 2.75) is 0 Å². The molecule has 2 nitrogen and oxygen atoms in total. The van der Waals surface area contributed by atoms with Gasteiger partial charge >= 0.3 is 0 Å². The topological polar surface area (TPSA) is 29.1 Å². The minimum Gasteiger partial charge on any atom is -0.362 e. The Hall–Kier alpha value is -1.29. The van der Waals surface area contributed by atoms with Crippen LogP contribution in [-0.2, 0) is 0 Å². The fourth-order valence-electron chi connectivity index (χ4n) is 1.51. The second-order valence-electron chi connectivity index (χ2n) is 3.98. The van der Waals surface area contributed by atoms with Gasteiger partial charge in [-0.2, -0.15) is 0 Å². The van der Waals surface area contributed by atoms with Gasteiger partial charge in [-0.1, -0.05) is 39.1 Å². The zero-order chi connectivity index (χ0) is 14.5. The lowest BCUT2D eigenvalue weighted by atomic mass is 10.1. The van der Waals surface area contributed by atoms with Crippen LogP contribution in [0.5, 0.6) is 0 Å². The van der Waals surface area contributed by atoms with Crippen molar-refractivity contribution in [2.24, 2.45) is 0 Å². The molecule has 0 aliphatic carbocycles. The van der Waals surface area contributed by atoms with Crippen LogP contribution < -0.4 is 5.32 Å². The number of hydrogen-bond donors (Lipinski definition) is 1. The molecule has 0 radical (unpaired) electrons. The fraction of sp³-hybridized carbons (Fsp3) is 0. The van der Waals surface area contributed by atoms with Gasteiger partial charge in [-0.25, -0.2) is 0 Å². The van der Waals surface area contributed by atoms with Crippen LogP contribution in [0.15, 0.2) is 59.2 Å². The van der Waals surface area contributed by atoms with Crippen LogP contribution in [0.4, 0.5) is 5.69 Å². The van der Waals surface area contributed by atoms with Gasteiger partial charge in [0.1, 0.15) is 0 Å². The first-order valence-corrected chi connectivity index (χ1v) is 7.29. The molecule has 0 unspecified atom stereocenters. The molecule has 0 bridgehead atoms. The lowest BCUT2D eigenvalue weighted by Gasteiger charge is -2.02. The van der Waals surface area contributed by atoms with E-state index in [0.717, 1.165) is 10.2 Å². The van der Waals surface area contributed by atoms with Gasteiger partial charge in [0.25, 0.3) is 0 Å². The van der Waals surface area contributed by atoms with E-state index in [1.54, 1.807) is 36.5 Å². The number of halogens is 3. The predicted molar refractivity (Wildman–Crippen MR) is 87.7 cm³/mol. The summed E-state index contributed by atoms with van der Waals surface area (Å²) in [5.41, 5.74) is 1.39. The molecule has 0 saturated heterocycles. The van der Waals surface area contributed by atoms with Gasteiger partial charge in [0.15, 0.2) is 5.78 Å². The van der Waals surface area contributed by atoms with Crippen molar-refractivity contribution in [3.8, 4) is 0 Å². The van der Waals surface area contributed by atoms with Crippen molar-refractivity contribution in [3.05, 3.63) is 74.8 Å². The summed E-state index contributed by atoms with van der Waals surface area (Å²) >= 11 is 15.0. The van der Waals surface area contributed by atoms with Crippen LogP contribution in [0.25, 0.3) is 0 Å². The van der Waals surface area contributed by atoms with E-state index in [9.17, 15) is 4.79 Å². The van der Waals surface area contributed by atoms with Gasteiger partial charge in [-0.3, -0.25) is 4.79 Å². The van der Waals surface area contributed by atoms with Crippen molar-refractivity contribution in [1.82, 2.24) is 0 Å². The first-order valence-electron chi connectivity index (χ1n) is 5.74. The molecule has 5 heteroatoms. The second-order valence-corrected chi connectivity index (χ2v) is 5.71. The highest BCUT2D eigenvalue weighted by Gasteiger charge is 2.01. The monoisotopic (exact) mass is 369 g/mol. The molecule has 0 aromatic heterocycles. The van der Waals surface area contributed by atoms with Gasteiger partial charge in [0.2, 0.25) is 0 Å². The van der Waals surface area contributed by atoms with E-state index in [0.29, 0.717) is 15.6 Å². The van der Waals surface area contributed by atoms with Crippen LogP contribution in [0.1, 0.15) is 10.4 Å². The van der Waals surface area contributed by atoms with Crippen molar-refractivity contribution in [2.75, 3.05) is 5.32 Å². The summed E-state index contributed by atoms with van der Waals surface area (Å²) in [6.07, 6.45) is 3.04. The van der Waals surface area contributed by atoms with E-state index >= 15 is 0 Å². The highest BCUT2D eigenvalue weighted by Crippen LogP contribution is 2.24. The van der Waals surface area contributed by atoms with Crippen molar-refractivity contribution in [1.29, 1.82) is 0 Å². The second kappa shape index (κ2) is 6.93. The molecule has 20 heavy (non-hydrogen) atoms. The molecule has 0 spiro atoms. The summed E-state index contributed by atoms with van der Waals surface area (Å²) in [4.78, 5) is 11.9. The maximum atomic E-state index is 11.9. The van der Waals surface area contributed by atoms with Crippen LogP contribution in [0, 0.1) is 0 Å². The number of ketones is 1. The number of benzene rings is 2. The summed E-state index contributed by atoms with van der Waals surface area (Å²) in [6, 6.07) is 12.3. The Labute approximate surface area is 135 Å². The third kappa shape index (κ3) is 4.10. The molecule has 2 aromatic rings. The normalized spacial score (nSPS) is 10.8. The lowest BCUT2D eigenvalue weighted by Crippen LogP contribution is -1.96. The highest BCUT2D eigenvalue weighted by atomic mass is 79.9. The Morgan fingerprint density at radius 3 is 2.40 bits per heavy atom. The Bertz CT molecular complexity index is 653. The maximum Gasteiger partial charge on any atom is 0.187 e. The molecule has 2 rings (SSSR count). The van der Waals surface area contributed by atoms with E-state index in [-0.39, 0.29) is 5.78 Å². The molecule has 0 aliphatic heterocycles. The van der Waals surface area contributed by atoms with Gasteiger partial charge in [-0.15, -0.1) is 0 Å². The number of rotatable bonds is 4. The van der Waals surface area contributed by atoms with E-state index < -0.39 is 0 Å². The van der Waals surface area contributed by atoms with Gasteiger partial charge < -0.3 is 5.32 Å². The van der Waals surface area contributed by atoms with Gasteiger partial charge in [-0.05, 0) is 42.5 Å². The Balaban J connectivity index is 2.00. The average molecular weight is 371 g/mol. The van der Waals surface area contributed by atoms with Crippen LogP contribution in [0.2, 0.25) is 10.0 Å². The van der Waals surface area contributed by atoms with E-state index in [1.807, 2.05) is 12.1 Å². The molecular weight excluding hydrogens is 361 g/mol. The fourth-order valence-corrected chi connectivity index (χ4v) is 2.07. The molecule has 0 heterocycles. The molecule has 0 fully saturated rings.